The highest BCUT2D eigenvalue weighted by Gasteiger charge is 2.26. The van der Waals surface area contributed by atoms with Crippen molar-refractivity contribution < 1.29 is 9.84 Å². The number of pyridine rings is 1. The molecule has 1 atom stereocenters. The second-order valence-corrected chi connectivity index (χ2v) is 9.43. The van der Waals surface area contributed by atoms with Gasteiger partial charge in [0.15, 0.2) is 0 Å². The Balaban J connectivity index is 1.65. The van der Waals surface area contributed by atoms with E-state index in [2.05, 4.69) is 36.1 Å². The minimum Gasteiger partial charge on any atom is -0.474 e. The second kappa shape index (κ2) is 10.1. The van der Waals surface area contributed by atoms with Crippen molar-refractivity contribution in [3.8, 4) is 5.88 Å². The predicted molar refractivity (Wildman–Crippen MR) is 124 cm³/mol. The van der Waals surface area contributed by atoms with Crippen LogP contribution >= 0.6 is 0 Å². The van der Waals surface area contributed by atoms with Gasteiger partial charge in [-0.15, -0.1) is 0 Å². The van der Waals surface area contributed by atoms with E-state index in [9.17, 15) is 5.11 Å². The molecule has 0 spiro atoms. The molecule has 1 aliphatic heterocycles. The van der Waals surface area contributed by atoms with Crippen molar-refractivity contribution in [1.82, 2.24) is 19.9 Å². The molecule has 2 aromatic rings. The van der Waals surface area contributed by atoms with Crippen molar-refractivity contribution >= 4 is 16.9 Å². The van der Waals surface area contributed by atoms with Crippen molar-refractivity contribution in [1.29, 1.82) is 0 Å². The lowest BCUT2D eigenvalue weighted by molar-refractivity contribution is 0.111. The first-order valence-electron chi connectivity index (χ1n) is 12.0. The number of nitrogens with one attached hydrogen (secondary N) is 1. The van der Waals surface area contributed by atoms with Crippen LogP contribution in [0.2, 0.25) is 0 Å². The molecule has 1 aliphatic carbocycles. The fraction of sp³-hybridized carbons (Fsp3) is 0.708. The first kappa shape index (κ1) is 22.2. The van der Waals surface area contributed by atoms with E-state index in [1.165, 1.54) is 0 Å². The molecule has 0 amide bonds. The maximum Gasteiger partial charge on any atom is 0.224 e. The zero-order valence-corrected chi connectivity index (χ0v) is 19.2. The van der Waals surface area contributed by atoms with Crippen LogP contribution in [0.4, 0.5) is 5.95 Å². The van der Waals surface area contributed by atoms with Crippen LogP contribution in [0.25, 0.3) is 10.9 Å². The summed E-state index contributed by atoms with van der Waals surface area (Å²) in [7, 11) is 2.15. The summed E-state index contributed by atoms with van der Waals surface area (Å²) in [6.45, 7) is 6.45. The van der Waals surface area contributed by atoms with E-state index in [1.54, 1.807) is 0 Å². The molecule has 0 bridgehead atoms. The number of aliphatic hydroxyl groups excluding tert-OH is 1. The van der Waals surface area contributed by atoms with Gasteiger partial charge in [0.05, 0.1) is 17.0 Å². The van der Waals surface area contributed by atoms with Gasteiger partial charge >= 0.3 is 0 Å². The Hall–Kier alpha value is -1.99. The van der Waals surface area contributed by atoms with E-state index >= 15 is 0 Å². The van der Waals surface area contributed by atoms with Crippen LogP contribution in [0, 0.1) is 0 Å². The Morgan fingerprint density at radius 2 is 1.87 bits per heavy atom. The number of hydrogen-bond donors (Lipinski definition) is 2. The van der Waals surface area contributed by atoms with Gasteiger partial charge in [-0.25, -0.2) is 15.0 Å². The van der Waals surface area contributed by atoms with Gasteiger partial charge in [0.25, 0.3) is 0 Å². The molecular weight excluding hydrogens is 390 g/mol. The first-order chi connectivity index (χ1) is 15.0. The van der Waals surface area contributed by atoms with E-state index in [0.29, 0.717) is 23.8 Å². The third-order valence-electron chi connectivity index (χ3n) is 6.79. The van der Waals surface area contributed by atoms with Gasteiger partial charge in [0, 0.05) is 37.1 Å². The number of hydrogen-bond acceptors (Lipinski definition) is 7. The van der Waals surface area contributed by atoms with Crippen LogP contribution in [-0.4, -0.2) is 63.3 Å². The number of anilines is 1. The van der Waals surface area contributed by atoms with E-state index in [4.69, 9.17) is 14.7 Å². The molecule has 7 nitrogen and oxygen atoms in total. The number of fused-ring (bicyclic) bond motifs is 1. The Bertz CT molecular complexity index is 860. The Kier molecular flexibility index (Phi) is 7.23. The number of aliphatic hydroxyl groups is 1. The number of nitrogens with zero attached hydrogens (tertiary/aromatic N) is 4. The molecule has 31 heavy (non-hydrogen) atoms. The fourth-order valence-corrected chi connectivity index (χ4v) is 4.85. The van der Waals surface area contributed by atoms with E-state index in [1.807, 2.05) is 12.4 Å². The van der Waals surface area contributed by atoms with Crippen LogP contribution in [0.1, 0.15) is 76.7 Å². The van der Waals surface area contributed by atoms with Crippen molar-refractivity contribution in [2.75, 3.05) is 25.5 Å². The lowest BCUT2D eigenvalue weighted by Gasteiger charge is -2.30. The quantitative estimate of drug-likeness (QED) is 0.688. The van der Waals surface area contributed by atoms with Gasteiger partial charge < -0.3 is 20.1 Å². The van der Waals surface area contributed by atoms with Gasteiger partial charge in [-0.2, -0.15) is 0 Å². The molecule has 170 valence electrons. The maximum atomic E-state index is 9.95. The highest BCUT2D eigenvalue weighted by Crippen LogP contribution is 2.38. The molecule has 0 unspecified atom stereocenters. The molecule has 7 heteroatoms. The predicted octanol–water partition coefficient (Wildman–Crippen LogP) is 4.12. The largest absolute Gasteiger partial charge is 0.474 e. The molecule has 2 N–H and O–H groups in total. The summed E-state index contributed by atoms with van der Waals surface area (Å²) in [5.74, 6) is 1.69. The average molecular weight is 428 g/mol. The van der Waals surface area contributed by atoms with Gasteiger partial charge in [-0.1, -0.05) is 13.3 Å². The lowest BCUT2D eigenvalue weighted by Crippen LogP contribution is -2.35. The van der Waals surface area contributed by atoms with Crippen LogP contribution < -0.4 is 10.1 Å². The number of rotatable bonds is 7. The Morgan fingerprint density at radius 1 is 1.13 bits per heavy atom. The minimum atomic E-state index is -0.177. The molecule has 2 fully saturated rings. The van der Waals surface area contributed by atoms with Crippen molar-refractivity contribution in [3.05, 3.63) is 18.0 Å². The van der Waals surface area contributed by atoms with Crippen molar-refractivity contribution in [2.24, 2.45) is 0 Å². The van der Waals surface area contributed by atoms with Crippen molar-refractivity contribution in [2.45, 2.75) is 89.4 Å². The molecule has 0 radical (unpaired) electrons. The standard InChI is InChI=1S/C24H37N5O2/c1-4-5-16(2)27-24-26-15-21-22(28-24)20(17-6-8-18(30)9-7-17)14-25-23(21)31-19-10-12-29(3)13-11-19/h14-19,30H,4-13H2,1-3H3,(H,26,27,28)/t16-,17-,18-/m1/s1. The molecule has 1 saturated carbocycles. The third-order valence-corrected chi connectivity index (χ3v) is 6.79. The van der Waals surface area contributed by atoms with Crippen LogP contribution in [0.3, 0.4) is 0 Å². The topological polar surface area (TPSA) is 83.4 Å². The summed E-state index contributed by atoms with van der Waals surface area (Å²) < 4.78 is 6.36. The Labute approximate surface area is 185 Å². The summed E-state index contributed by atoms with van der Waals surface area (Å²) in [6, 6.07) is 0.326. The van der Waals surface area contributed by atoms with Crippen LogP contribution in [0.5, 0.6) is 5.88 Å². The Morgan fingerprint density at radius 3 is 2.58 bits per heavy atom. The molecule has 4 rings (SSSR count). The van der Waals surface area contributed by atoms with Gasteiger partial charge in [-0.05, 0) is 64.8 Å². The SMILES string of the molecule is CCC[C@@H](C)Nc1ncc2c(OC3CCN(C)CC3)ncc([C@H]3CC[C@H](O)CC3)c2n1. The number of aromatic nitrogens is 3. The third kappa shape index (κ3) is 5.44. The van der Waals surface area contributed by atoms with Gasteiger partial charge in [0.2, 0.25) is 11.8 Å². The average Bonchev–Trinajstić information content (AvgIpc) is 2.76. The van der Waals surface area contributed by atoms with E-state index in [-0.39, 0.29) is 12.2 Å². The first-order valence-corrected chi connectivity index (χ1v) is 12.0. The summed E-state index contributed by atoms with van der Waals surface area (Å²) in [6.07, 6.45) is 11.7. The lowest BCUT2D eigenvalue weighted by atomic mass is 9.83. The highest BCUT2D eigenvalue weighted by molar-refractivity contribution is 5.86. The zero-order chi connectivity index (χ0) is 21.8. The van der Waals surface area contributed by atoms with E-state index in [0.717, 1.165) is 80.9 Å². The summed E-state index contributed by atoms with van der Waals surface area (Å²) in [5, 5.41) is 14.3. The van der Waals surface area contributed by atoms with Crippen molar-refractivity contribution in [3.63, 3.8) is 0 Å². The van der Waals surface area contributed by atoms with E-state index < -0.39 is 0 Å². The normalized spacial score (nSPS) is 24.3. The number of ether oxygens (including phenoxy) is 1. The number of likely N-dealkylation sites (tertiary alicyclic amines) is 1. The van der Waals surface area contributed by atoms with Gasteiger partial charge in [-0.3, -0.25) is 0 Å². The highest BCUT2D eigenvalue weighted by atomic mass is 16.5. The number of piperidine rings is 1. The monoisotopic (exact) mass is 427 g/mol. The zero-order valence-electron chi connectivity index (χ0n) is 19.2. The molecule has 0 aromatic carbocycles. The maximum absolute atomic E-state index is 9.95. The molecule has 2 aromatic heterocycles. The summed E-state index contributed by atoms with van der Waals surface area (Å²) >= 11 is 0. The fourth-order valence-electron chi connectivity index (χ4n) is 4.85. The van der Waals surface area contributed by atoms with Gasteiger partial charge in [0.1, 0.15) is 6.10 Å². The van der Waals surface area contributed by atoms with Crippen LogP contribution in [0.15, 0.2) is 12.4 Å². The second-order valence-electron chi connectivity index (χ2n) is 9.43. The van der Waals surface area contributed by atoms with Crippen LogP contribution in [-0.2, 0) is 0 Å². The smallest absolute Gasteiger partial charge is 0.224 e. The minimum absolute atomic E-state index is 0.177. The molecule has 3 heterocycles. The summed E-state index contributed by atoms with van der Waals surface area (Å²) in [4.78, 5) is 16.6. The molecule has 2 aliphatic rings. The molecule has 1 saturated heterocycles. The molecular formula is C24H37N5O2. The summed E-state index contributed by atoms with van der Waals surface area (Å²) in [5.41, 5.74) is 2.10.